The Kier molecular flexibility index (Phi) is 20.5. The molecule has 0 saturated carbocycles. The number of unbranched alkanes of at least 4 members (excludes halogenated alkanes) is 14. The summed E-state index contributed by atoms with van der Waals surface area (Å²) in [5, 5.41) is 3.55. The third-order valence-corrected chi connectivity index (χ3v) is 6.96. The van der Waals surface area contributed by atoms with Crippen molar-refractivity contribution in [1.29, 1.82) is 0 Å². The second-order valence-electron chi connectivity index (χ2n) is 10.2. The number of hydrogen-bond acceptors (Lipinski definition) is 2. The number of nitrogens with one attached hydrogen (secondary N) is 1. The minimum Gasteiger partial charge on any atom is -0.386 e. The molecule has 0 bridgehead atoms. The van der Waals surface area contributed by atoms with Gasteiger partial charge in [-0.15, -0.1) is 0 Å². The monoisotopic (exact) mass is 413 g/mol. The van der Waals surface area contributed by atoms with Gasteiger partial charge >= 0.3 is 0 Å². The fourth-order valence-corrected chi connectivity index (χ4v) is 4.04. The van der Waals surface area contributed by atoms with Gasteiger partial charge in [-0.25, -0.2) is 0 Å². The van der Waals surface area contributed by atoms with Crippen LogP contribution in [0.15, 0.2) is 0 Å². The summed E-state index contributed by atoms with van der Waals surface area (Å²) in [5.74, 6) is 0. The molecule has 1 unspecified atom stereocenters. The van der Waals surface area contributed by atoms with E-state index in [0.29, 0.717) is 11.1 Å². The minimum atomic E-state index is 0.524. The van der Waals surface area contributed by atoms with Crippen LogP contribution in [0.4, 0.5) is 0 Å². The highest BCUT2D eigenvalue weighted by molar-refractivity contribution is 6.10. The predicted molar refractivity (Wildman–Crippen MR) is 132 cm³/mol. The van der Waals surface area contributed by atoms with Gasteiger partial charge in [0.1, 0.15) is 0 Å². The Bertz CT molecular complexity index is 303. The molecule has 0 aliphatic heterocycles. The van der Waals surface area contributed by atoms with E-state index in [0.717, 1.165) is 16.8 Å². The lowest BCUT2D eigenvalue weighted by atomic mass is 9.89. The molecule has 2 nitrogen and oxygen atoms in total. The first-order valence-corrected chi connectivity index (χ1v) is 13.8. The molecule has 0 radical (unpaired) electrons. The Labute approximate surface area is 181 Å². The van der Waals surface area contributed by atoms with Crippen LogP contribution in [-0.4, -0.2) is 36.2 Å². The van der Waals surface area contributed by atoms with Crippen molar-refractivity contribution in [2.24, 2.45) is 5.41 Å². The Hall–Kier alpha value is 0.137. The van der Waals surface area contributed by atoms with E-state index in [1.807, 2.05) is 7.11 Å². The molecule has 1 atom stereocenters. The van der Waals surface area contributed by atoms with E-state index in [1.165, 1.54) is 116 Å². The van der Waals surface area contributed by atoms with E-state index in [4.69, 9.17) is 4.74 Å². The van der Waals surface area contributed by atoms with Gasteiger partial charge in [0.25, 0.3) is 0 Å². The van der Waals surface area contributed by atoms with Crippen LogP contribution in [0.25, 0.3) is 0 Å². The molecule has 0 aromatic carbocycles. The lowest BCUT2D eigenvalue weighted by Gasteiger charge is -2.17. The van der Waals surface area contributed by atoms with Crippen LogP contribution < -0.4 is 5.32 Å². The zero-order valence-electron chi connectivity index (χ0n) is 20.4. The van der Waals surface area contributed by atoms with Crippen molar-refractivity contribution in [1.82, 2.24) is 5.32 Å². The van der Waals surface area contributed by atoms with E-state index in [9.17, 15) is 0 Å². The molecule has 0 aromatic heterocycles. The Balaban J connectivity index is 3.05. The number of hydrogen-bond donors (Lipinski definition) is 1. The molecule has 0 aliphatic rings. The van der Waals surface area contributed by atoms with Crippen LogP contribution in [0.1, 0.15) is 130 Å². The van der Waals surface area contributed by atoms with Crippen molar-refractivity contribution in [2.45, 2.75) is 136 Å². The van der Waals surface area contributed by atoms with Crippen molar-refractivity contribution >= 4 is 10.2 Å². The molecule has 0 aliphatic carbocycles. The first-order chi connectivity index (χ1) is 13.5. The molecule has 0 rings (SSSR count). The third-order valence-electron chi connectivity index (χ3n) is 5.91. The fourth-order valence-electron chi connectivity index (χ4n) is 3.75. The number of rotatable bonds is 21. The Morgan fingerprint density at radius 2 is 1.04 bits per heavy atom. The van der Waals surface area contributed by atoms with Gasteiger partial charge in [0.2, 0.25) is 0 Å². The molecule has 3 heteroatoms. The predicted octanol–water partition coefficient (Wildman–Crippen LogP) is 6.59. The molecule has 0 fully saturated rings. The number of ether oxygens (including phenoxy) is 1. The standard InChI is InChI=1S/C25H55NOSi/c1-25(2,3)21-18-16-14-12-10-8-6-5-7-9-11-13-15-17-19-22-26-23-20-24(28)27-4/h24,26H,5-23H2,1-4,28H3. The lowest BCUT2D eigenvalue weighted by molar-refractivity contribution is 0.159. The Morgan fingerprint density at radius 1 is 0.643 bits per heavy atom. The van der Waals surface area contributed by atoms with Gasteiger partial charge in [-0.3, -0.25) is 0 Å². The van der Waals surface area contributed by atoms with Crippen molar-refractivity contribution in [3.05, 3.63) is 0 Å². The van der Waals surface area contributed by atoms with E-state index in [2.05, 4.69) is 26.1 Å². The largest absolute Gasteiger partial charge is 0.386 e. The molecular formula is C25H55NOSi. The topological polar surface area (TPSA) is 21.3 Å². The van der Waals surface area contributed by atoms with Crippen LogP contribution in [0, 0.1) is 5.41 Å². The van der Waals surface area contributed by atoms with Crippen LogP contribution in [0.3, 0.4) is 0 Å². The van der Waals surface area contributed by atoms with Gasteiger partial charge in [0, 0.05) is 23.1 Å². The molecule has 28 heavy (non-hydrogen) atoms. The quantitative estimate of drug-likeness (QED) is 0.169. The third kappa shape index (κ3) is 24.2. The molecule has 0 amide bonds. The zero-order valence-corrected chi connectivity index (χ0v) is 22.4. The van der Waals surface area contributed by atoms with Crippen LogP contribution >= 0.6 is 0 Å². The highest BCUT2D eigenvalue weighted by Gasteiger charge is 2.08. The summed E-state index contributed by atoms with van der Waals surface area (Å²) in [4.78, 5) is 0. The van der Waals surface area contributed by atoms with Crippen LogP contribution in [0.2, 0.25) is 0 Å². The number of methoxy groups -OCH3 is 1. The summed E-state index contributed by atoms with van der Waals surface area (Å²) in [6, 6.07) is 0. The molecule has 0 aromatic rings. The van der Waals surface area contributed by atoms with Crippen molar-refractivity contribution in [2.75, 3.05) is 20.2 Å². The second kappa shape index (κ2) is 20.4. The normalized spacial score (nSPS) is 13.3. The van der Waals surface area contributed by atoms with E-state index < -0.39 is 0 Å². The zero-order chi connectivity index (χ0) is 20.9. The summed E-state index contributed by atoms with van der Waals surface area (Å²) in [6.07, 6.45) is 24.2. The van der Waals surface area contributed by atoms with Crippen molar-refractivity contribution in [3.63, 3.8) is 0 Å². The van der Waals surface area contributed by atoms with E-state index >= 15 is 0 Å². The molecule has 0 saturated heterocycles. The molecule has 0 heterocycles. The van der Waals surface area contributed by atoms with Gasteiger partial charge in [0.15, 0.2) is 0 Å². The average Bonchev–Trinajstić information content (AvgIpc) is 2.65. The summed E-state index contributed by atoms with van der Waals surface area (Å²) >= 11 is 0. The highest BCUT2D eigenvalue weighted by atomic mass is 28.1. The van der Waals surface area contributed by atoms with Gasteiger partial charge in [0.05, 0.1) is 0 Å². The fraction of sp³-hybridized carbons (Fsp3) is 1.00. The molecule has 0 spiro atoms. The maximum absolute atomic E-state index is 5.32. The molecular weight excluding hydrogens is 358 g/mol. The minimum absolute atomic E-state index is 0.524. The highest BCUT2D eigenvalue weighted by Crippen LogP contribution is 2.22. The van der Waals surface area contributed by atoms with E-state index in [1.54, 1.807) is 0 Å². The van der Waals surface area contributed by atoms with Crippen LogP contribution in [0.5, 0.6) is 0 Å². The molecule has 170 valence electrons. The molecule has 1 N–H and O–H groups in total. The Morgan fingerprint density at radius 3 is 1.43 bits per heavy atom. The summed E-state index contributed by atoms with van der Waals surface area (Å²) in [6.45, 7) is 9.39. The lowest BCUT2D eigenvalue weighted by Crippen LogP contribution is -2.22. The van der Waals surface area contributed by atoms with Gasteiger partial charge in [-0.1, -0.05) is 111 Å². The summed E-state index contributed by atoms with van der Waals surface area (Å²) in [7, 11) is 2.98. The summed E-state index contributed by atoms with van der Waals surface area (Å²) < 4.78 is 5.32. The maximum atomic E-state index is 5.32. The van der Waals surface area contributed by atoms with Gasteiger partial charge in [-0.05, 0) is 37.8 Å². The second-order valence-corrected chi connectivity index (χ2v) is 11.5. The van der Waals surface area contributed by atoms with E-state index in [-0.39, 0.29) is 0 Å². The smallest absolute Gasteiger partial charge is 0.0393 e. The van der Waals surface area contributed by atoms with Crippen molar-refractivity contribution in [3.8, 4) is 0 Å². The van der Waals surface area contributed by atoms with Crippen LogP contribution in [-0.2, 0) is 4.74 Å². The van der Waals surface area contributed by atoms with Gasteiger partial charge < -0.3 is 10.1 Å². The van der Waals surface area contributed by atoms with Crippen molar-refractivity contribution < 1.29 is 4.74 Å². The van der Waals surface area contributed by atoms with Gasteiger partial charge in [-0.2, -0.15) is 0 Å². The average molecular weight is 414 g/mol. The first-order valence-electron chi connectivity index (χ1n) is 12.7. The first kappa shape index (κ1) is 28.1. The SMILES string of the molecule is COC([SiH3])CCNCCCCCCCCCCCCCCCCCC(C)(C)C. The summed E-state index contributed by atoms with van der Waals surface area (Å²) in [5.41, 5.74) is 1.05. The maximum Gasteiger partial charge on any atom is 0.0393 e.